The molecule has 1 unspecified atom stereocenters. The van der Waals surface area contributed by atoms with Gasteiger partial charge in [0.2, 0.25) is 5.91 Å². The van der Waals surface area contributed by atoms with E-state index in [-0.39, 0.29) is 30.9 Å². The van der Waals surface area contributed by atoms with Crippen LogP contribution in [0.25, 0.3) is 11.1 Å². The van der Waals surface area contributed by atoms with E-state index in [1.807, 2.05) is 65.7 Å². The first-order valence-electron chi connectivity index (χ1n) is 16.1. The molecule has 0 spiro atoms. The third-order valence-electron chi connectivity index (χ3n) is 8.16. The molecule has 0 radical (unpaired) electrons. The fraction of sp³-hybridized carbons (Fsp3) is 0.486. The molecule has 0 fully saturated rings. The van der Waals surface area contributed by atoms with Crippen molar-refractivity contribution in [2.24, 2.45) is 5.92 Å². The summed E-state index contributed by atoms with van der Waals surface area (Å²) in [5, 5.41) is 2.82. The first-order chi connectivity index (χ1) is 22.0. The number of benzene rings is 2. The predicted molar refractivity (Wildman–Crippen MR) is 179 cm³/mol. The monoisotopic (exact) mass is 655 g/mol. The average molecular weight is 656 g/mol. The van der Waals surface area contributed by atoms with Crippen LogP contribution in [0.15, 0.2) is 41.3 Å². The lowest BCUT2D eigenvalue weighted by Gasteiger charge is -2.27. The molecule has 0 saturated carbocycles. The molecule has 1 amide bonds. The van der Waals surface area contributed by atoms with Gasteiger partial charge in [0.15, 0.2) is 0 Å². The highest BCUT2D eigenvalue weighted by atomic mass is 19.3. The fourth-order valence-electron chi connectivity index (χ4n) is 6.08. The maximum absolute atomic E-state index is 16.0. The quantitative estimate of drug-likeness (QED) is 0.184. The second kappa shape index (κ2) is 16.3. The lowest BCUT2D eigenvalue weighted by molar-refractivity contribution is -0.144. The van der Waals surface area contributed by atoms with Gasteiger partial charge in [-0.2, -0.15) is 0 Å². The van der Waals surface area contributed by atoms with Gasteiger partial charge in [0.25, 0.3) is 12.0 Å². The van der Waals surface area contributed by atoms with Crippen LogP contribution >= 0.6 is 0 Å². The maximum Gasteiger partial charge on any atom is 0.308 e. The van der Waals surface area contributed by atoms with Crippen molar-refractivity contribution >= 4 is 11.9 Å². The second-order valence-corrected chi connectivity index (χ2v) is 13.1. The van der Waals surface area contributed by atoms with Crippen LogP contribution in [-0.2, 0) is 20.7 Å². The van der Waals surface area contributed by atoms with Gasteiger partial charge >= 0.3 is 5.97 Å². The highest BCUT2D eigenvalue weighted by molar-refractivity contribution is 5.82. The van der Waals surface area contributed by atoms with Crippen molar-refractivity contribution < 1.29 is 27.5 Å². The first-order valence-corrected chi connectivity index (χ1v) is 16.1. The number of aryl methyl sites for hydroxylation is 4. The average Bonchev–Trinajstić information content (AvgIpc) is 2.96. The molecule has 256 valence electrons. The zero-order chi connectivity index (χ0) is 35.2. The normalized spacial score (nSPS) is 12.9. The summed E-state index contributed by atoms with van der Waals surface area (Å²) in [6.07, 6.45) is -1.44. The zero-order valence-electron chi connectivity index (χ0n) is 29.0. The first kappa shape index (κ1) is 37.5. The van der Waals surface area contributed by atoms with Gasteiger partial charge < -0.3 is 19.5 Å². The summed E-state index contributed by atoms with van der Waals surface area (Å²) in [6.45, 7) is 13.5. The van der Waals surface area contributed by atoms with Crippen LogP contribution in [-0.4, -0.2) is 48.6 Å². The minimum atomic E-state index is -3.04. The van der Waals surface area contributed by atoms with Crippen molar-refractivity contribution in [1.82, 2.24) is 14.8 Å². The molecule has 0 aliphatic heterocycles. The van der Waals surface area contributed by atoms with Gasteiger partial charge in [-0.05, 0) is 119 Å². The molecular formula is C37H48F3N3O4. The van der Waals surface area contributed by atoms with Gasteiger partial charge in [-0.3, -0.25) is 14.4 Å². The standard InChI is InChI=1S/C37H48F3N3O4/c1-10-47-32(44)19-30(28-18-27(16-25(7)34(28)38)33-23(5)14-22(4)15-24(33)6)41-36(45)31(13-21(2)3)43-20-26(11-12-42(8)9)17-29(35(39)40)37(43)46/h14-18,20-21,30-31,35H,10-13,19H2,1-9H3,(H,41,45)/t30-,31?/m0/s1. The Labute approximate surface area is 276 Å². The van der Waals surface area contributed by atoms with E-state index in [1.54, 1.807) is 26.0 Å². The Bertz CT molecular complexity index is 1630. The molecule has 47 heavy (non-hydrogen) atoms. The molecule has 0 saturated heterocycles. The number of carbonyl (C=O) groups excluding carboxylic acids is 2. The van der Waals surface area contributed by atoms with Crippen LogP contribution in [0.5, 0.6) is 0 Å². The lowest BCUT2D eigenvalue weighted by atomic mass is 9.89. The topological polar surface area (TPSA) is 80.6 Å². The Morgan fingerprint density at radius 3 is 2.15 bits per heavy atom. The van der Waals surface area contributed by atoms with Crippen LogP contribution in [0.2, 0.25) is 0 Å². The molecule has 3 aromatic rings. The van der Waals surface area contributed by atoms with Crippen molar-refractivity contribution in [3.8, 4) is 11.1 Å². The minimum absolute atomic E-state index is 0.0874. The van der Waals surface area contributed by atoms with E-state index in [2.05, 4.69) is 5.32 Å². The van der Waals surface area contributed by atoms with Crippen LogP contribution in [0.3, 0.4) is 0 Å². The Morgan fingerprint density at radius 1 is 0.957 bits per heavy atom. The Kier molecular flexibility index (Phi) is 13.0. The number of ether oxygens (including phenoxy) is 1. The molecule has 2 aromatic carbocycles. The van der Waals surface area contributed by atoms with Gasteiger partial charge in [-0.15, -0.1) is 0 Å². The van der Waals surface area contributed by atoms with E-state index >= 15 is 4.39 Å². The van der Waals surface area contributed by atoms with Crippen LogP contribution in [0.4, 0.5) is 13.2 Å². The second-order valence-electron chi connectivity index (χ2n) is 13.1. The Hall–Kier alpha value is -3.92. The van der Waals surface area contributed by atoms with Crippen LogP contribution in [0.1, 0.15) is 91.1 Å². The van der Waals surface area contributed by atoms with E-state index in [0.29, 0.717) is 24.1 Å². The highest BCUT2D eigenvalue weighted by Crippen LogP contribution is 2.34. The molecule has 1 heterocycles. The Balaban J connectivity index is 2.18. The largest absolute Gasteiger partial charge is 0.466 e. The summed E-state index contributed by atoms with van der Waals surface area (Å²) in [5.74, 6) is -2.04. The molecule has 10 heteroatoms. The lowest BCUT2D eigenvalue weighted by Crippen LogP contribution is -2.41. The number of hydrogen-bond donors (Lipinski definition) is 1. The number of halogens is 3. The van der Waals surface area contributed by atoms with Gasteiger partial charge in [0.05, 0.1) is 24.6 Å². The molecule has 1 N–H and O–H groups in total. The number of amides is 1. The maximum atomic E-state index is 16.0. The van der Waals surface area contributed by atoms with Gasteiger partial charge in [0, 0.05) is 18.3 Å². The van der Waals surface area contributed by atoms with Gasteiger partial charge in [0.1, 0.15) is 11.9 Å². The fourth-order valence-corrected chi connectivity index (χ4v) is 6.08. The number of hydrogen-bond acceptors (Lipinski definition) is 5. The number of likely N-dealkylation sites (N-methyl/N-ethyl adjacent to an activating group) is 1. The number of alkyl halides is 2. The Morgan fingerprint density at radius 2 is 1.60 bits per heavy atom. The highest BCUT2D eigenvalue weighted by Gasteiger charge is 2.31. The van der Waals surface area contributed by atoms with E-state index in [4.69, 9.17) is 4.74 Å². The summed E-state index contributed by atoms with van der Waals surface area (Å²) in [6, 6.07) is 6.28. The predicted octanol–water partition coefficient (Wildman–Crippen LogP) is 7.33. The van der Waals surface area contributed by atoms with Crippen molar-refractivity contribution in [1.29, 1.82) is 0 Å². The summed E-state index contributed by atoms with van der Waals surface area (Å²) < 4.78 is 50.4. The number of nitrogens with zero attached hydrogens (tertiary/aromatic N) is 2. The molecule has 1 aromatic heterocycles. The third-order valence-corrected chi connectivity index (χ3v) is 8.16. The number of pyridine rings is 1. The van der Waals surface area contributed by atoms with Crippen LogP contribution < -0.4 is 10.9 Å². The molecule has 3 rings (SSSR count). The van der Waals surface area contributed by atoms with Crippen molar-refractivity contribution in [2.75, 3.05) is 27.2 Å². The molecule has 0 bridgehead atoms. The molecule has 0 aliphatic rings. The van der Waals surface area contributed by atoms with E-state index in [1.165, 1.54) is 12.3 Å². The number of carbonyl (C=O) groups is 2. The minimum Gasteiger partial charge on any atom is -0.466 e. The van der Waals surface area contributed by atoms with Gasteiger partial charge in [-0.25, -0.2) is 13.2 Å². The van der Waals surface area contributed by atoms with E-state index < -0.39 is 47.3 Å². The smallest absolute Gasteiger partial charge is 0.308 e. The molecular weight excluding hydrogens is 607 g/mol. The van der Waals surface area contributed by atoms with Gasteiger partial charge in [-0.1, -0.05) is 31.5 Å². The van der Waals surface area contributed by atoms with Crippen molar-refractivity contribution in [2.45, 2.75) is 86.2 Å². The number of aromatic nitrogens is 1. The summed E-state index contributed by atoms with van der Waals surface area (Å²) >= 11 is 0. The zero-order valence-corrected chi connectivity index (χ0v) is 29.0. The SMILES string of the molecule is CCOC(=O)C[C@H](NC(=O)C(CC(C)C)n1cc(CCN(C)C)cc(C(F)F)c1=O)c1cc(-c2c(C)cc(C)cc2C)cc(C)c1F. The number of rotatable bonds is 14. The molecule has 2 atom stereocenters. The van der Waals surface area contributed by atoms with Crippen LogP contribution in [0, 0.1) is 39.4 Å². The third kappa shape index (κ3) is 9.56. The number of esters is 1. The number of nitrogens with one attached hydrogen (secondary N) is 1. The van der Waals surface area contributed by atoms with E-state index in [9.17, 15) is 23.2 Å². The summed E-state index contributed by atoms with van der Waals surface area (Å²) in [4.78, 5) is 42.3. The summed E-state index contributed by atoms with van der Waals surface area (Å²) in [7, 11) is 3.69. The van der Waals surface area contributed by atoms with Crippen molar-refractivity contribution in [3.63, 3.8) is 0 Å². The summed E-state index contributed by atoms with van der Waals surface area (Å²) in [5.41, 5.74) is 3.95. The van der Waals surface area contributed by atoms with Crippen molar-refractivity contribution in [3.05, 3.63) is 91.6 Å². The molecule has 0 aliphatic carbocycles. The molecule has 7 nitrogen and oxygen atoms in total. The van der Waals surface area contributed by atoms with E-state index in [0.717, 1.165) is 32.4 Å².